The van der Waals surface area contributed by atoms with E-state index in [4.69, 9.17) is 5.73 Å². The summed E-state index contributed by atoms with van der Waals surface area (Å²) in [5.74, 6) is -1.31. The molecular formula is C11H14BrF2N. The van der Waals surface area contributed by atoms with Crippen molar-refractivity contribution in [1.82, 2.24) is 0 Å². The summed E-state index contributed by atoms with van der Waals surface area (Å²) in [6, 6.07) is 2.36. The van der Waals surface area contributed by atoms with Crippen LogP contribution in [-0.2, 0) is 0 Å². The summed E-state index contributed by atoms with van der Waals surface area (Å²) in [7, 11) is 0. The van der Waals surface area contributed by atoms with E-state index in [-0.39, 0.29) is 10.5 Å². The van der Waals surface area contributed by atoms with Crippen LogP contribution in [0.4, 0.5) is 8.78 Å². The summed E-state index contributed by atoms with van der Waals surface area (Å²) >= 11 is 3.03. The van der Waals surface area contributed by atoms with Gasteiger partial charge < -0.3 is 5.73 Å². The van der Waals surface area contributed by atoms with E-state index in [0.29, 0.717) is 11.5 Å². The lowest BCUT2D eigenvalue weighted by atomic mass is 9.98. The molecule has 4 heteroatoms. The molecular weight excluding hydrogens is 264 g/mol. The molecule has 0 amide bonds. The van der Waals surface area contributed by atoms with Crippen LogP contribution >= 0.6 is 15.9 Å². The van der Waals surface area contributed by atoms with Crippen LogP contribution in [0.15, 0.2) is 16.6 Å². The summed E-state index contributed by atoms with van der Waals surface area (Å²) in [5.41, 5.74) is 6.51. The minimum Gasteiger partial charge on any atom is -0.324 e. The first-order valence-corrected chi connectivity index (χ1v) is 5.61. The number of rotatable bonds is 3. The molecule has 0 fully saturated rings. The lowest BCUT2D eigenvalue weighted by molar-refractivity contribution is 0.484. The molecule has 15 heavy (non-hydrogen) atoms. The summed E-state index contributed by atoms with van der Waals surface area (Å²) in [4.78, 5) is 0. The highest BCUT2D eigenvalue weighted by Crippen LogP contribution is 2.29. The van der Waals surface area contributed by atoms with Crippen molar-refractivity contribution in [3.63, 3.8) is 0 Å². The SMILES string of the molecule is CC(C)CC(N)c1ccc(F)c(F)c1Br. The molecule has 1 aromatic carbocycles. The van der Waals surface area contributed by atoms with Gasteiger partial charge in [-0.25, -0.2) is 8.78 Å². The molecule has 0 bridgehead atoms. The van der Waals surface area contributed by atoms with Crippen LogP contribution in [0, 0.1) is 17.6 Å². The molecule has 0 heterocycles. The van der Waals surface area contributed by atoms with E-state index in [1.165, 1.54) is 6.07 Å². The average Bonchev–Trinajstić information content (AvgIpc) is 2.13. The minimum atomic E-state index is -0.869. The van der Waals surface area contributed by atoms with Crippen LogP contribution in [0.25, 0.3) is 0 Å². The maximum absolute atomic E-state index is 13.2. The van der Waals surface area contributed by atoms with E-state index in [0.717, 1.165) is 12.5 Å². The molecule has 1 nitrogen and oxygen atoms in total. The molecule has 0 aliphatic heterocycles. The Hall–Kier alpha value is -0.480. The fourth-order valence-electron chi connectivity index (χ4n) is 1.46. The van der Waals surface area contributed by atoms with E-state index >= 15 is 0 Å². The first-order chi connectivity index (χ1) is 6.93. The molecule has 0 radical (unpaired) electrons. The number of hydrogen-bond donors (Lipinski definition) is 1. The Bertz CT molecular complexity index is 353. The van der Waals surface area contributed by atoms with Crippen LogP contribution in [-0.4, -0.2) is 0 Å². The Kier molecular flexibility index (Phi) is 4.22. The fraction of sp³-hybridized carbons (Fsp3) is 0.455. The fourth-order valence-corrected chi connectivity index (χ4v) is 2.08. The molecule has 1 rings (SSSR count). The monoisotopic (exact) mass is 277 g/mol. The largest absolute Gasteiger partial charge is 0.324 e. The number of hydrogen-bond acceptors (Lipinski definition) is 1. The van der Waals surface area contributed by atoms with Crippen LogP contribution in [0.5, 0.6) is 0 Å². The summed E-state index contributed by atoms with van der Waals surface area (Å²) in [6.07, 6.45) is 0.740. The van der Waals surface area contributed by atoms with Crippen molar-refractivity contribution < 1.29 is 8.78 Å². The van der Waals surface area contributed by atoms with Crippen molar-refractivity contribution in [2.75, 3.05) is 0 Å². The van der Waals surface area contributed by atoms with Gasteiger partial charge in [-0.3, -0.25) is 0 Å². The Labute approximate surface area is 96.8 Å². The van der Waals surface area contributed by atoms with Gasteiger partial charge in [0.2, 0.25) is 0 Å². The topological polar surface area (TPSA) is 26.0 Å². The minimum absolute atomic E-state index is 0.135. The lowest BCUT2D eigenvalue weighted by Gasteiger charge is -2.16. The molecule has 1 atom stereocenters. The third kappa shape index (κ3) is 2.98. The summed E-state index contributed by atoms with van der Waals surface area (Å²) in [6.45, 7) is 4.07. The Morgan fingerprint density at radius 3 is 2.47 bits per heavy atom. The predicted molar refractivity (Wildman–Crippen MR) is 60.4 cm³/mol. The molecule has 0 aliphatic rings. The van der Waals surface area contributed by atoms with Gasteiger partial charge in [0, 0.05) is 6.04 Å². The second kappa shape index (κ2) is 5.03. The first-order valence-electron chi connectivity index (χ1n) is 4.82. The highest BCUT2D eigenvalue weighted by Gasteiger charge is 2.16. The second-order valence-corrected chi connectivity index (χ2v) is 4.79. The van der Waals surface area contributed by atoms with Crippen LogP contribution in [0.3, 0.4) is 0 Å². The number of halogens is 3. The highest BCUT2D eigenvalue weighted by atomic mass is 79.9. The molecule has 1 unspecified atom stereocenters. The Morgan fingerprint density at radius 2 is 1.93 bits per heavy atom. The summed E-state index contributed by atoms with van der Waals surface area (Å²) < 4.78 is 26.2. The van der Waals surface area contributed by atoms with Gasteiger partial charge >= 0.3 is 0 Å². The average molecular weight is 278 g/mol. The van der Waals surface area contributed by atoms with E-state index < -0.39 is 11.6 Å². The Morgan fingerprint density at radius 1 is 1.33 bits per heavy atom. The van der Waals surface area contributed by atoms with E-state index in [2.05, 4.69) is 15.9 Å². The molecule has 2 N–H and O–H groups in total. The predicted octanol–water partition coefficient (Wildman–Crippen LogP) is 3.77. The Balaban J connectivity index is 3.00. The molecule has 0 saturated heterocycles. The van der Waals surface area contributed by atoms with E-state index in [1.807, 2.05) is 13.8 Å². The first kappa shape index (κ1) is 12.6. The lowest BCUT2D eigenvalue weighted by Crippen LogP contribution is -2.14. The van der Waals surface area contributed by atoms with Crippen molar-refractivity contribution in [2.24, 2.45) is 11.7 Å². The third-order valence-corrected chi connectivity index (χ3v) is 3.00. The molecule has 0 aliphatic carbocycles. The zero-order chi connectivity index (χ0) is 11.6. The van der Waals surface area contributed by atoms with Crippen molar-refractivity contribution in [1.29, 1.82) is 0 Å². The normalized spacial score (nSPS) is 13.3. The summed E-state index contributed by atoms with van der Waals surface area (Å²) in [5, 5.41) is 0. The molecule has 0 spiro atoms. The molecule has 84 valence electrons. The third-order valence-electron chi connectivity index (χ3n) is 2.19. The van der Waals surface area contributed by atoms with Crippen LogP contribution in [0.2, 0.25) is 0 Å². The zero-order valence-corrected chi connectivity index (χ0v) is 10.3. The zero-order valence-electron chi connectivity index (χ0n) is 8.73. The van der Waals surface area contributed by atoms with Gasteiger partial charge in [0.25, 0.3) is 0 Å². The molecule has 0 saturated carbocycles. The van der Waals surface area contributed by atoms with Crippen molar-refractivity contribution in [2.45, 2.75) is 26.3 Å². The van der Waals surface area contributed by atoms with E-state index in [9.17, 15) is 8.78 Å². The quantitative estimate of drug-likeness (QED) is 0.837. The standard InChI is InChI=1S/C11H14BrF2N/c1-6(2)5-9(15)7-3-4-8(13)11(14)10(7)12/h3-4,6,9H,5,15H2,1-2H3. The smallest absolute Gasteiger partial charge is 0.173 e. The number of nitrogens with two attached hydrogens (primary N) is 1. The molecule has 1 aromatic rings. The van der Waals surface area contributed by atoms with Crippen LogP contribution in [0.1, 0.15) is 31.9 Å². The van der Waals surface area contributed by atoms with Gasteiger partial charge in [0.05, 0.1) is 4.47 Å². The van der Waals surface area contributed by atoms with Crippen LogP contribution < -0.4 is 5.73 Å². The van der Waals surface area contributed by atoms with Crippen molar-refractivity contribution in [3.8, 4) is 0 Å². The second-order valence-electron chi connectivity index (χ2n) is 4.00. The molecule has 0 aromatic heterocycles. The van der Waals surface area contributed by atoms with Gasteiger partial charge in [-0.15, -0.1) is 0 Å². The van der Waals surface area contributed by atoms with Gasteiger partial charge in [-0.05, 0) is 39.9 Å². The van der Waals surface area contributed by atoms with Gasteiger partial charge in [-0.1, -0.05) is 19.9 Å². The van der Waals surface area contributed by atoms with Crippen molar-refractivity contribution in [3.05, 3.63) is 33.8 Å². The van der Waals surface area contributed by atoms with Gasteiger partial charge in [0.1, 0.15) is 0 Å². The maximum Gasteiger partial charge on any atom is 0.173 e. The van der Waals surface area contributed by atoms with Gasteiger partial charge in [-0.2, -0.15) is 0 Å². The van der Waals surface area contributed by atoms with E-state index in [1.54, 1.807) is 0 Å². The maximum atomic E-state index is 13.2. The highest BCUT2D eigenvalue weighted by molar-refractivity contribution is 9.10. The van der Waals surface area contributed by atoms with Gasteiger partial charge in [0.15, 0.2) is 11.6 Å². The van der Waals surface area contributed by atoms with Crippen molar-refractivity contribution >= 4 is 15.9 Å². The number of benzene rings is 1.